The van der Waals surface area contributed by atoms with Gasteiger partial charge in [0, 0.05) is 6.07 Å². The third-order valence-corrected chi connectivity index (χ3v) is 8.21. The van der Waals surface area contributed by atoms with Crippen molar-refractivity contribution in [1.29, 1.82) is 0 Å². The van der Waals surface area contributed by atoms with E-state index in [0.717, 1.165) is 12.1 Å². The van der Waals surface area contributed by atoms with Crippen LogP contribution < -0.4 is 20.7 Å². The zero-order chi connectivity index (χ0) is 26.4. The molecule has 1 saturated carbocycles. The summed E-state index contributed by atoms with van der Waals surface area (Å²) >= 11 is 12.5. The zero-order valence-electron chi connectivity index (χ0n) is 18.2. The second-order valence-corrected chi connectivity index (χ2v) is 10.8. The van der Waals surface area contributed by atoms with Crippen molar-refractivity contribution in [2.45, 2.75) is 35.5 Å². The maximum Gasteiger partial charge on any atom is 0.349 e. The second-order valence-electron chi connectivity index (χ2n) is 7.80. The van der Waals surface area contributed by atoms with E-state index in [-0.39, 0.29) is 50.7 Å². The molecule has 2 N–H and O–H groups in total. The lowest BCUT2D eigenvalue weighted by atomic mass is 9.96. The van der Waals surface area contributed by atoms with E-state index >= 15 is 0 Å². The summed E-state index contributed by atoms with van der Waals surface area (Å²) < 4.78 is 63.5. The topological polar surface area (TPSA) is 141 Å². The Kier molecular flexibility index (Phi) is 7.10. The van der Waals surface area contributed by atoms with E-state index in [4.69, 9.17) is 32.7 Å². The molecule has 15 heteroatoms. The Morgan fingerprint density at radius 2 is 1.81 bits per heavy atom. The molecule has 1 aliphatic rings. The highest BCUT2D eigenvalue weighted by Crippen LogP contribution is 2.41. The minimum atomic E-state index is -3.84. The van der Waals surface area contributed by atoms with Crippen LogP contribution in [0.5, 0.6) is 17.2 Å². The summed E-state index contributed by atoms with van der Waals surface area (Å²) in [6.45, 7) is 0. The summed E-state index contributed by atoms with van der Waals surface area (Å²) in [4.78, 5) is 25.2. The summed E-state index contributed by atoms with van der Waals surface area (Å²) in [6.07, 6.45) is -3.73. The molecular weight excluding hydrogens is 547 g/mol. The maximum atomic E-state index is 13.1. The van der Waals surface area contributed by atoms with Crippen LogP contribution in [0.15, 0.2) is 44.8 Å². The Hall–Kier alpha value is -3.00. The number of rotatable bonds is 7. The highest BCUT2D eigenvalue weighted by molar-refractivity contribution is 7.92. The number of halogens is 4. The molecule has 0 spiro atoms. The lowest BCUT2D eigenvalue weighted by molar-refractivity contribution is 0.0976. The number of nitrogens with zero attached hydrogens (tertiary/aromatic N) is 2. The number of methoxy groups -OCH3 is 1. The van der Waals surface area contributed by atoms with Gasteiger partial charge in [-0.15, -0.1) is 0 Å². The molecule has 0 unspecified atom stereocenters. The molecule has 2 aromatic carbocycles. The van der Waals surface area contributed by atoms with Gasteiger partial charge in [-0.1, -0.05) is 23.2 Å². The number of aliphatic hydroxyl groups excluding tert-OH is 1. The molecule has 192 valence electrons. The molecular formula is C21H17Cl2F2N3O7S. The third kappa shape index (κ3) is 4.83. The van der Waals surface area contributed by atoms with Crippen LogP contribution in [0.1, 0.15) is 25.0 Å². The number of ether oxygens (including phenoxy) is 2. The standard InChI is InChI=1S/C21H17Cl2F2N3O7S/c1-34-15-3-2-11(8-16(15)36(32,33)12-6-10(29)7-12)35-18-13(22)4-9(5-14(18)23)28-21(31)26-20(30)17(27-28)19(24)25/h2-5,8,10,12,19,29H,6-7H2,1H3,(H,26,30,31). The average Bonchev–Trinajstić information content (AvgIpc) is 2.78. The number of H-pyrrole nitrogens is 1. The molecule has 3 aromatic rings. The number of aromatic amines is 1. The van der Waals surface area contributed by atoms with Gasteiger partial charge in [0.15, 0.2) is 21.3 Å². The van der Waals surface area contributed by atoms with E-state index in [0.29, 0.717) is 4.68 Å². The minimum Gasteiger partial charge on any atom is -0.495 e. The SMILES string of the molecule is COc1ccc(Oc2c(Cl)cc(-n3nc(C(F)F)c(=O)[nH]c3=O)cc2Cl)cc1S(=O)(=O)C1CC(O)C1. The van der Waals surface area contributed by atoms with Crippen molar-refractivity contribution in [3.8, 4) is 22.9 Å². The first-order chi connectivity index (χ1) is 16.9. The molecule has 4 rings (SSSR count). The summed E-state index contributed by atoms with van der Waals surface area (Å²) in [5, 5.41) is 11.8. The fraction of sp³-hybridized carbons (Fsp3) is 0.286. The van der Waals surface area contributed by atoms with Gasteiger partial charge in [0.05, 0.1) is 34.2 Å². The normalized spacial score (nSPS) is 17.6. The molecule has 0 radical (unpaired) electrons. The molecule has 0 aliphatic heterocycles. The van der Waals surface area contributed by atoms with E-state index in [2.05, 4.69) is 5.10 Å². The number of aliphatic hydroxyl groups is 1. The number of hydrogen-bond acceptors (Lipinski definition) is 8. The van der Waals surface area contributed by atoms with Gasteiger partial charge >= 0.3 is 5.69 Å². The van der Waals surface area contributed by atoms with Crippen molar-refractivity contribution in [2.24, 2.45) is 0 Å². The molecule has 0 atom stereocenters. The van der Waals surface area contributed by atoms with Crippen LogP contribution in [0.25, 0.3) is 5.69 Å². The monoisotopic (exact) mass is 563 g/mol. The van der Waals surface area contributed by atoms with Crippen molar-refractivity contribution in [2.75, 3.05) is 7.11 Å². The van der Waals surface area contributed by atoms with Crippen molar-refractivity contribution in [1.82, 2.24) is 14.8 Å². The fourth-order valence-corrected chi connectivity index (χ4v) is 6.10. The third-order valence-electron chi connectivity index (χ3n) is 5.46. The maximum absolute atomic E-state index is 13.1. The van der Waals surface area contributed by atoms with Crippen LogP contribution in [0, 0.1) is 0 Å². The lowest BCUT2D eigenvalue weighted by Crippen LogP contribution is -2.39. The largest absolute Gasteiger partial charge is 0.495 e. The van der Waals surface area contributed by atoms with Gasteiger partial charge < -0.3 is 14.6 Å². The lowest BCUT2D eigenvalue weighted by Gasteiger charge is -2.31. The summed E-state index contributed by atoms with van der Waals surface area (Å²) in [5.41, 5.74) is -3.74. The Morgan fingerprint density at radius 3 is 2.36 bits per heavy atom. The Balaban J connectivity index is 1.71. The summed E-state index contributed by atoms with van der Waals surface area (Å²) in [7, 11) is -2.53. The van der Waals surface area contributed by atoms with Crippen LogP contribution in [-0.4, -0.2) is 46.8 Å². The van der Waals surface area contributed by atoms with Gasteiger partial charge in [-0.25, -0.2) is 22.0 Å². The molecule has 10 nitrogen and oxygen atoms in total. The predicted octanol–water partition coefficient (Wildman–Crippen LogP) is 3.26. The quantitative estimate of drug-likeness (QED) is 0.446. The molecule has 36 heavy (non-hydrogen) atoms. The van der Waals surface area contributed by atoms with Crippen molar-refractivity contribution in [3.63, 3.8) is 0 Å². The first-order valence-electron chi connectivity index (χ1n) is 10.2. The Labute approximate surface area is 211 Å². The molecule has 1 aromatic heterocycles. The smallest absolute Gasteiger partial charge is 0.349 e. The van der Waals surface area contributed by atoms with E-state index in [1.54, 1.807) is 4.98 Å². The number of benzene rings is 2. The number of hydrogen-bond donors (Lipinski definition) is 2. The van der Waals surface area contributed by atoms with Gasteiger partial charge in [-0.3, -0.25) is 9.78 Å². The first-order valence-corrected chi connectivity index (χ1v) is 12.5. The molecule has 1 fully saturated rings. The van der Waals surface area contributed by atoms with Crippen molar-refractivity contribution in [3.05, 3.63) is 66.9 Å². The predicted molar refractivity (Wildman–Crippen MR) is 125 cm³/mol. The minimum absolute atomic E-state index is 0.0325. The van der Waals surface area contributed by atoms with E-state index in [1.807, 2.05) is 0 Å². The van der Waals surface area contributed by atoms with Gasteiger partial charge in [0.25, 0.3) is 12.0 Å². The Morgan fingerprint density at radius 1 is 1.17 bits per heavy atom. The number of nitrogens with one attached hydrogen (secondary N) is 1. The zero-order valence-corrected chi connectivity index (χ0v) is 20.6. The fourth-order valence-electron chi connectivity index (χ4n) is 3.53. The van der Waals surface area contributed by atoms with Crippen molar-refractivity contribution < 1.29 is 31.8 Å². The van der Waals surface area contributed by atoms with Crippen LogP contribution in [-0.2, 0) is 9.84 Å². The van der Waals surface area contributed by atoms with Gasteiger partial charge in [-0.05, 0) is 37.1 Å². The molecule has 1 aliphatic carbocycles. The van der Waals surface area contributed by atoms with E-state index in [1.165, 1.54) is 25.3 Å². The Bertz CT molecular complexity index is 1530. The molecule has 0 saturated heterocycles. The van der Waals surface area contributed by atoms with Crippen LogP contribution in [0.2, 0.25) is 10.0 Å². The number of sulfone groups is 1. The molecule has 0 amide bonds. The summed E-state index contributed by atoms with van der Waals surface area (Å²) in [6, 6.07) is 6.30. The first kappa shape index (κ1) is 26.1. The van der Waals surface area contributed by atoms with Crippen LogP contribution in [0.3, 0.4) is 0 Å². The number of aromatic nitrogens is 3. The molecule has 1 heterocycles. The average molecular weight is 564 g/mol. The molecule has 0 bridgehead atoms. The van der Waals surface area contributed by atoms with Crippen LogP contribution >= 0.6 is 23.2 Å². The summed E-state index contributed by atoms with van der Waals surface area (Å²) in [5.74, 6) is -0.0130. The highest BCUT2D eigenvalue weighted by atomic mass is 35.5. The van der Waals surface area contributed by atoms with Gasteiger partial charge in [-0.2, -0.15) is 9.78 Å². The van der Waals surface area contributed by atoms with Crippen molar-refractivity contribution >= 4 is 33.0 Å². The number of alkyl halides is 2. The van der Waals surface area contributed by atoms with Gasteiger partial charge in [0.1, 0.15) is 16.4 Å². The van der Waals surface area contributed by atoms with E-state index < -0.39 is 44.6 Å². The highest BCUT2D eigenvalue weighted by Gasteiger charge is 2.40. The van der Waals surface area contributed by atoms with E-state index in [9.17, 15) is 31.9 Å². The van der Waals surface area contributed by atoms with Gasteiger partial charge in [0.2, 0.25) is 0 Å². The second kappa shape index (κ2) is 9.81. The van der Waals surface area contributed by atoms with Crippen LogP contribution in [0.4, 0.5) is 8.78 Å².